The van der Waals surface area contributed by atoms with Crippen LogP contribution in [-0.4, -0.2) is 30.1 Å². The van der Waals surface area contributed by atoms with E-state index in [-0.39, 0.29) is 11.6 Å². The van der Waals surface area contributed by atoms with Crippen LogP contribution in [0.2, 0.25) is 5.02 Å². The zero-order valence-corrected chi connectivity index (χ0v) is 26.0. The summed E-state index contributed by atoms with van der Waals surface area (Å²) in [4.78, 5) is 29.7. The summed E-state index contributed by atoms with van der Waals surface area (Å²) < 4.78 is 12.7. The summed E-state index contributed by atoms with van der Waals surface area (Å²) in [6, 6.07) is 21.9. The molecule has 0 aromatic heterocycles. The number of ketones is 2. The predicted octanol–water partition coefficient (Wildman–Crippen LogP) is 8.35. The van der Waals surface area contributed by atoms with Crippen LogP contribution in [0, 0.1) is 0 Å². The first-order valence-corrected chi connectivity index (χ1v) is 15.7. The number of hydrogen-bond acceptors (Lipinski definition) is 5. The highest BCUT2D eigenvalue weighted by molar-refractivity contribution is 9.10. The summed E-state index contributed by atoms with van der Waals surface area (Å²) in [7, 11) is 1.61. The maximum atomic E-state index is 13.7. The van der Waals surface area contributed by atoms with E-state index in [1.807, 2.05) is 42.5 Å². The molecule has 216 valence electrons. The largest absolute Gasteiger partial charge is 0.493 e. The normalized spacial score (nSPS) is 17.4. The molecule has 3 aromatic rings. The van der Waals surface area contributed by atoms with E-state index in [0.717, 1.165) is 72.3 Å². The van der Waals surface area contributed by atoms with Crippen molar-refractivity contribution in [2.45, 2.75) is 57.5 Å². The van der Waals surface area contributed by atoms with Gasteiger partial charge in [-0.1, -0.05) is 54.1 Å². The molecular weight excluding hydrogens is 614 g/mol. The van der Waals surface area contributed by atoms with Gasteiger partial charge in [-0.2, -0.15) is 0 Å². The molecule has 0 atom stereocenters. The molecule has 0 saturated carbocycles. The summed E-state index contributed by atoms with van der Waals surface area (Å²) in [6.07, 6.45) is 5.15. The molecule has 5 nitrogen and oxygen atoms in total. The first kappa shape index (κ1) is 28.8. The molecule has 3 aliphatic rings. The molecular formula is C35H33BrClNO4. The third kappa shape index (κ3) is 5.67. The van der Waals surface area contributed by atoms with Crippen LogP contribution in [0.4, 0.5) is 0 Å². The Hall–Kier alpha value is -3.35. The molecule has 1 aliphatic heterocycles. The fourth-order valence-corrected chi connectivity index (χ4v) is 7.32. The van der Waals surface area contributed by atoms with Crippen molar-refractivity contribution in [3.8, 4) is 11.5 Å². The van der Waals surface area contributed by atoms with E-state index < -0.39 is 5.92 Å². The van der Waals surface area contributed by atoms with Gasteiger partial charge in [-0.3, -0.25) is 9.59 Å². The molecule has 0 unspecified atom stereocenters. The number of carbonyl (C=O) groups excluding carboxylic acids is 2. The molecule has 7 heteroatoms. The number of Topliss-reactive ketones (excluding diaryl/α,β-unsaturated/α-hetero) is 2. The van der Waals surface area contributed by atoms with E-state index >= 15 is 0 Å². The van der Waals surface area contributed by atoms with Gasteiger partial charge in [-0.05, 0) is 89.0 Å². The van der Waals surface area contributed by atoms with Crippen molar-refractivity contribution in [3.05, 3.63) is 115 Å². The highest BCUT2D eigenvalue weighted by Gasteiger charge is 2.43. The van der Waals surface area contributed by atoms with Crippen molar-refractivity contribution in [1.82, 2.24) is 4.90 Å². The molecule has 0 saturated heterocycles. The average Bonchev–Trinajstić information content (AvgIpc) is 2.99. The van der Waals surface area contributed by atoms with Gasteiger partial charge in [0.1, 0.15) is 6.61 Å². The Morgan fingerprint density at radius 3 is 2.17 bits per heavy atom. The lowest BCUT2D eigenvalue weighted by Crippen LogP contribution is -2.40. The minimum Gasteiger partial charge on any atom is -0.493 e. The van der Waals surface area contributed by atoms with Crippen LogP contribution in [0.3, 0.4) is 0 Å². The number of benzene rings is 3. The number of ether oxygens (including phenoxy) is 2. The highest BCUT2D eigenvalue weighted by Crippen LogP contribution is 2.51. The Bertz CT molecular complexity index is 1550. The number of halogens is 2. The number of hydrogen-bond donors (Lipinski definition) is 0. The van der Waals surface area contributed by atoms with Crippen LogP contribution in [0.25, 0.3) is 0 Å². The van der Waals surface area contributed by atoms with Crippen LogP contribution < -0.4 is 9.47 Å². The molecule has 1 heterocycles. The number of allylic oxidation sites excluding steroid dienone is 4. The lowest BCUT2D eigenvalue weighted by Gasteiger charge is -2.44. The van der Waals surface area contributed by atoms with Gasteiger partial charge < -0.3 is 14.4 Å². The third-order valence-corrected chi connectivity index (χ3v) is 9.23. The van der Waals surface area contributed by atoms with E-state index in [1.54, 1.807) is 7.11 Å². The van der Waals surface area contributed by atoms with Crippen molar-refractivity contribution in [3.63, 3.8) is 0 Å². The first-order valence-electron chi connectivity index (χ1n) is 14.5. The average molecular weight is 647 g/mol. The van der Waals surface area contributed by atoms with E-state index in [4.69, 9.17) is 21.1 Å². The second-order valence-electron chi connectivity index (χ2n) is 11.0. The van der Waals surface area contributed by atoms with Crippen molar-refractivity contribution in [1.29, 1.82) is 0 Å². The Morgan fingerprint density at radius 1 is 0.857 bits per heavy atom. The van der Waals surface area contributed by atoms with Gasteiger partial charge in [0.25, 0.3) is 0 Å². The monoisotopic (exact) mass is 645 g/mol. The smallest absolute Gasteiger partial charge is 0.175 e. The van der Waals surface area contributed by atoms with Crippen LogP contribution in [0.15, 0.2) is 93.7 Å². The van der Waals surface area contributed by atoms with E-state index in [1.165, 1.54) is 5.56 Å². The van der Waals surface area contributed by atoms with Gasteiger partial charge in [0.05, 0.1) is 11.6 Å². The Labute approximate surface area is 260 Å². The number of methoxy groups -OCH3 is 1. The molecule has 0 spiro atoms. The fraction of sp³-hybridized carbons (Fsp3) is 0.314. The quantitative estimate of drug-likeness (QED) is 0.246. The Kier molecular flexibility index (Phi) is 8.55. The number of rotatable bonds is 8. The second-order valence-corrected chi connectivity index (χ2v) is 12.3. The van der Waals surface area contributed by atoms with Crippen molar-refractivity contribution < 1.29 is 19.1 Å². The van der Waals surface area contributed by atoms with Gasteiger partial charge in [0.2, 0.25) is 0 Å². The number of nitrogens with zero attached hydrogens (tertiary/aromatic N) is 1. The molecule has 0 amide bonds. The SMILES string of the molecule is COc1cc(C2C3=C(CCCC3=O)N(CCc3ccccc3)C3=C2C(=O)CCC3)cc(Br)c1OCc1cccc(Cl)c1. The van der Waals surface area contributed by atoms with Gasteiger partial charge in [0, 0.05) is 52.9 Å². The van der Waals surface area contributed by atoms with Crippen LogP contribution in [0.5, 0.6) is 11.5 Å². The summed E-state index contributed by atoms with van der Waals surface area (Å²) in [6.45, 7) is 1.06. The molecule has 3 aromatic carbocycles. The zero-order chi connectivity index (χ0) is 29.2. The summed E-state index contributed by atoms with van der Waals surface area (Å²) >= 11 is 9.88. The van der Waals surface area contributed by atoms with Crippen LogP contribution in [0.1, 0.15) is 61.1 Å². The standard InChI is InChI=1S/C35H33BrClNO4/c1-41-31-20-24(19-26(36)35(31)42-21-23-10-5-11-25(37)18-23)32-33-27(12-6-14-29(33)39)38(17-16-22-8-3-2-4-9-22)28-13-7-15-30(40)34(28)32/h2-5,8-11,18-20,32H,6-7,12-17,21H2,1H3. The Morgan fingerprint density at radius 2 is 1.52 bits per heavy atom. The minimum atomic E-state index is -0.421. The molecule has 0 radical (unpaired) electrons. The molecule has 0 bridgehead atoms. The van der Waals surface area contributed by atoms with E-state index in [9.17, 15) is 9.59 Å². The van der Waals surface area contributed by atoms with E-state index in [2.05, 4.69) is 45.1 Å². The highest BCUT2D eigenvalue weighted by atomic mass is 79.9. The third-order valence-electron chi connectivity index (χ3n) is 8.41. The topological polar surface area (TPSA) is 55.8 Å². The van der Waals surface area contributed by atoms with Crippen LogP contribution >= 0.6 is 27.5 Å². The van der Waals surface area contributed by atoms with Crippen LogP contribution in [-0.2, 0) is 22.6 Å². The predicted molar refractivity (Wildman–Crippen MR) is 168 cm³/mol. The lowest BCUT2D eigenvalue weighted by molar-refractivity contribution is -0.117. The first-order chi connectivity index (χ1) is 20.4. The molecule has 0 fully saturated rings. The van der Waals surface area contributed by atoms with Crippen molar-refractivity contribution in [2.24, 2.45) is 0 Å². The molecule has 0 N–H and O–H groups in total. The minimum absolute atomic E-state index is 0.132. The summed E-state index contributed by atoms with van der Waals surface area (Å²) in [5, 5.41) is 0.648. The zero-order valence-electron chi connectivity index (χ0n) is 23.6. The molecule has 42 heavy (non-hydrogen) atoms. The Balaban J connectivity index is 1.41. The second kappa shape index (κ2) is 12.5. The summed E-state index contributed by atoms with van der Waals surface area (Å²) in [5.74, 6) is 0.953. The van der Waals surface area contributed by atoms with Gasteiger partial charge in [-0.15, -0.1) is 0 Å². The lowest BCUT2D eigenvalue weighted by atomic mass is 9.71. The van der Waals surface area contributed by atoms with Gasteiger partial charge in [-0.25, -0.2) is 0 Å². The van der Waals surface area contributed by atoms with E-state index in [0.29, 0.717) is 40.4 Å². The number of carbonyl (C=O) groups is 2. The van der Waals surface area contributed by atoms with Crippen molar-refractivity contribution in [2.75, 3.05) is 13.7 Å². The van der Waals surface area contributed by atoms with Gasteiger partial charge in [0.15, 0.2) is 23.1 Å². The maximum absolute atomic E-state index is 13.7. The van der Waals surface area contributed by atoms with Crippen molar-refractivity contribution >= 4 is 39.1 Å². The fourth-order valence-electron chi connectivity index (χ4n) is 6.53. The molecule has 2 aliphatic carbocycles. The molecule has 6 rings (SSSR count). The van der Waals surface area contributed by atoms with Gasteiger partial charge >= 0.3 is 0 Å². The summed E-state index contributed by atoms with van der Waals surface area (Å²) in [5.41, 5.74) is 6.74. The maximum Gasteiger partial charge on any atom is 0.175 e.